The van der Waals surface area contributed by atoms with E-state index in [4.69, 9.17) is 4.74 Å². The van der Waals surface area contributed by atoms with Crippen molar-refractivity contribution in [1.82, 2.24) is 9.80 Å². The Kier molecular flexibility index (Phi) is 10.2. The predicted octanol–water partition coefficient (Wildman–Crippen LogP) is 4.14. The van der Waals surface area contributed by atoms with E-state index in [-0.39, 0.29) is 35.5 Å². The maximum Gasteiger partial charge on any atom is 0.251 e. The van der Waals surface area contributed by atoms with Crippen LogP contribution in [0.15, 0.2) is 49.6 Å². The van der Waals surface area contributed by atoms with Crippen LogP contribution in [-0.2, 0) is 14.4 Å². The van der Waals surface area contributed by atoms with Crippen molar-refractivity contribution in [2.45, 2.75) is 62.0 Å². The number of hydrogen-bond acceptors (Lipinski definition) is 6. The van der Waals surface area contributed by atoms with Crippen LogP contribution >= 0.6 is 11.8 Å². The van der Waals surface area contributed by atoms with Crippen molar-refractivity contribution < 1.29 is 24.2 Å². The Morgan fingerprint density at radius 2 is 1.85 bits per heavy atom. The van der Waals surface area contributed by atoms with Gasteiger partial charge in [0.05, 0.1) is 23.7 Å². The van der Waals surface area contributed by atoms with Gasteiger partial charge in [-0.05, 0) is 62.3 Å². The summed E-state index contributed by atoms with van der Waals surface area (Å²) in [5.41, 5.74) is 0.709. The lowest BCUT2D eigenvalue weighted by atomic mass is 9.65. The van der Waals surface area contributed by atoms with Crippen LogP contribution in [0, 0.1) is 17.8 Å². The summed E-state index contributed by atoms with van der Waals surface area (Å²) in [6.07, 6.45) is 7.14. The van der Waals surface area contributed by atoms with Crippen LogP contribution in [0.2, 0.25) is 0 Å². The first-order valence-corrected chi connectivity index (χ1v) is 15.7. The first kappa shape index (κ1) is 31.2. The summed E-state index contributed by atoms with van der Waals surface area (Å²) >= 11 is 1.70. The molecule has 224 valence electrons. The highest BCUT2D eigenvalue weighted by molar-refractivity contribution is 8.02. The zero-order valence-electron chi connectivity index (χ0n) is 24.7. The molecule has 3 amide bonds. The Bertz CT molecular complexity index is 1130. The molecule has 3 aliphatic heterocycles. The second-order valence-electron chi connectivity index (χ2n) is 11.4. The summed E-state index contributed by atoms with van der Waals surface area (Å²) in [4.78, 5) is 48.5. The summed E-state index contributed by atoms with van der Waals surface area (Å²) in [7, 11) is 1.60. The minimum atomic E-state index is -0.696. The molecular formula is C32H45N3O5S. The molecule has 2 bridgehead atoms. The van der Waals surface area contributed by atoms with Crippen molar-refractivity contribution in [3.63, 3.8) is 0 Å². The third kappa shape index (κ3) is 5.55. The second-order valence-corrected chi connectivity index (χ2v) is 12.9. The van der Waals surface area contributed by atoms with Gasteiger partial charge in [-0.2, -0.15) is 0 Å². The Labute approximate surface area is 248 Å². The number of fused-ring (bicyclic) bond motifs is 1. The van der Waals surface area contributed by atoms with Gasteiger partial charge in [-0.1, -0.05) is 26.0 Å². The largest absolute Gasteiger partial charge is 0.497 e. The smallest absolute Gasteiger partial charge is 0.251 e. The fourth-order valence-electron chi connectivity index (χ4n) is 7.18. The molecular weight excluding hydrogens is 538 g/mol. The van der Waals surface area contributed by atoms with Gasteiger partial charge in [0.15, 0.2) is 0 Å². The number of carbonyl (C=O) groups is 3. The molecule has 1 aromatic rings. The van der Waals surface area contributed by atoms with E-state index in [1.165, 1.54) is 0 Å². The summed E-state index contributed by atoms with van der Waals surface area (Å²) < 4.78 is 4.64. The van der Waals surface area contributed by atoms with Gasteiger partial charge in [-0.15, -0.1) is 24.9 Å². The van der Waals surface area contributed by atoms with Crippen LogP contribution < -0.4 is 9.64 Å². The molecule has 1 aromatic carbocycles. The van der Waals surface area contributed by atoms with Gasteiger partial charge in [0.1, 0.15) is 11.8 Å². The molecule has 3 aliphatic rings. The Balaban J connectivity index is 1.76. The molecule has 3 heterocycles. The van der Waals surface area contributed by atoms with E-state index < -0.39 is 22.6 Å². The highest BCUT2D eigenvalue weighted by atomic mass is 32.2. The van der Waals surface area contributed by atoms with E-state index in [0.29, 0.717) is 50.5 Å². The number of anilines is 1. The highest BCUT2D eigenvalue weighted by Gasteiger charge is 2.76. The summed E-state index contributed by atoms with van der Waals surface area (Å²) in [6.45, 7) is 13.8. The number of rotatable bonds is 15. The third-order valence-electron chi connectivity index (χ3n) is 8.94. The summed E-state index contributed by atoms with van der Waals surface area (Å²) in [5, 5.41) is 9.32. The van der Waals surface area contributed by atoms with E-state index in [0.717, 1.165) is 19.3 Å². The number of amides is 3. The van der Waals surface area contributed by atoms with Crippen LogP contribution in [-0.4, -0.2) is 88.6 Å². The zero-order valence-corrected chi connectivity index (χ0v) is 25.5. The van der Waals surface area contributed by atoms with Crippen LogP contribution in [0.4, 0.5) is 5.69 Å². The molecule has 9 heteroatoms. The fourth-order valence-corrected chi connectivity index (χ4v) is 9.59. The maximum absolute atomic E-state index is 14.7. The Morgan fingerprint density at radius 1 is 1.15 bits per heavy atom. The molecule has 1 spiro atoms. The number of likely N-dealkylation sites (tertiary alicyclic amines) is 1. The van der Waals surface area contributed by atoms with E-state index in [9.17, 15) is 19.5 Å². The number of aliphatic hydroxyl groups is 1. The number of carbonyl (C=O) groups excluding carboxylic acids is 3. The molecule has 3 unspecified atom stereocenters. The lowest BCUT2D eigenvalue weighted by Gasteiger charge is -2.41. The van der Waals surface area contributed by atoms with Crippen molar-refractivity contribution in [2.24, 2.45) is 17.8 Å². The molecule has 41 heavy (non-hydrogen) atoms. The van der Waals surface area contributed by atoms with Gasteiger partial charge in [-0.3, -0.25) is 14.4 Å². The van der Waals surface area contributed by atoms with Gasteiger partial charge in [0.2, 0.25) is 11.8 Å². The molecule has 3 saturated heterocycles. The van der Waals surface area contributed by atoms with Gasteiger partial charge < -0.3 is 24.5 Å². The number of benzene rings is 1. The van der Waals surface area contributed by atoms with Gasteiger partial charge >= 0.3 is 0 Å². The number of hydrogen-bond donors (Lipinski definition) is 1. The average molecular weight is 584 g/mol. The highest BCUT2D eigenvalue weighted by Crippen LogP contribution is 2.69. The Morgan fingerprint density at radius 3 is 2.46 bits per heavy atom. The number of methoxy groups -OCH3 is 1. The number of nitrogens with zero attached hydrogens (tertiary/aromatic N) is 3. The third-order valence-corrected chi connectivity index (χ3v) is 11.0. The standard InChI is InChI=1S/C32H45N3O5S/c1-6-16-33(17-7-2)29(37)26-25-21-22(4)32(41-25)27(26)30(38)35(19-10-9-11-20-36)28(32)31(39)34(18-8-3)23-12-14-24(40-5)15-13-23/h6,8,12-15,22,25-28,36H,1,3,7,9-11,16-21H2,2,4-5H3/t22?,25-,26+,27-,28?,32?/m0/s1. The molecule has 1 N–H and O–H groups in total. The van der Waals surface area contributed by atoms with Crippen molar-refractivity contribution in [3.05, 3.63) is 49.6 Å². The van der Waals surface area contributed by atoms with Crippen LogP contribution in [0.3, 0.4) is 0 Å². The van der Waals surface area contributed by atoms with Crippen molar-refractivity contribution >= 4 is 35.2 Å². The summed E-state index contributed by atoms with van der Waals surface area (Å²) in [6, 6.07) is 6.65. The quantitative estimate of drug-likeness (QED) is 0.247. The Hall–Kier alpha value is -2.78. The van der Waals surface area contributed by atoms with E-state index in [1.54, 1.807) is 40.8 Å². The molecule has 0 aromatic heterocycles. The van der Waals surface area contributed by atoms with Crippen molar-refractivity contribution in [2.75, 3.05) is 44.8 Å². The van der Waals surface area contributed by atoms with E-state index in [1.807, 2.05) is 36.1 Å². The average Bonchev–Trinajstić information content (AvgIpc) is 3.57. The zero-order chi connectivity index (χ0) is 29.7. The lowest BCUT2D eigenvalue weighted by Crippen LogP contribution is -2.57. The molecule has 4 rings (SSSR count). The fraction of sp³-hybridized carbons (Fsp3) is 0.594. The van der Waals surface area contributed by atoms with Crippen LogP contribution in [0.5, 0.6) is 5.75 Å². The summed E-state index contributed by atoms with van der Waals surface area (Å²) in [5.74, 6) is -0.451. The molecule has 0 aliphatic carbocycles. The number of aliphatic hydroxyl groups excluding tert-OH is 1. The SMILES string of the molecule is C=CCN(CCC)C(=O)[C@@H]1[C@@H]2CC(C)C3(S2)C(C(=O)N(CC=C)c2ccc(OC)cc2)N(CCCCCO)C(=O)[C@H]13. The van der Waals surface area contributed by atoms with Gasteiger partial charge in [0, 0.05) is 43.7 Å². The molecule has 8 nitrogen and oxygen atoms in total. The van der Waals surface area contributed by atoms with E-state index in [2.05, 4.69) is 20.1 Å². The topological polar surface area (TPSA) is 90.4 Å². The molecule has 6 atom stereocenters. The molecule has 0 radical (unpaired) electrons. The predicted molar refractivity (Wildman–Crippen MR) is 164 cm³/mol. The number of ether oxygens (including phenoxy) is 1. The molecule has 3 fully saturated rings. The van der Waals surface area contributed by atoms with Crippen LogP contribution in [0.1, 0.15) is 46.0 Å². The lowest BCUT2D eigenvalue weighted by molar-refractivity contribution is -0.144. The minimum absolute atomic E-state index is 0.00260. The van der Waals surface area contributed by atoms with Gasteiger partial charge in [0.25, 0.3) is 5.91 Å². The van der Waals surface area contributed by atoms with E-state index >= 15 is 0 Å². The normalized spacial score (nSPS) is 28.0. The first-order valence-electron chi connectivity index (χ1n) is 14.9. The van der Waals surface area contributed by atoms with Crippen molar-refractivity contribution in [3.8, 4) is 5.75 Å². The van der Waals surface area contributed by atoms with Crippen molar-refractivity contribution in [1.29, 1.82) is 0 Å². The second kappa shape index (κ2) is 13.5. The minimum Gasteiger partial charge on any atom is -0.497 e. The number of unbranched alkanes of at least 4 members (excludes halogenated alkanes) is 2. The maximum atomic E-state index is 14.7. The molecule has 0 saturated carbocycles. The number of thioether (sulfide) groups is 1. The monoisotopic (exact) mass is 583 g/mol. The van der Waals surface area contributed by atoms with Crippen LogP contribution in [0.25, 0.3) is 0 Å². The van der Waals surface area contributed by atoms with Gasteiger partial charge in [-0.25, -0.2) is 0 Å². The first-order chi connectivity index (χ1) is 19.8.